The third-order valence-electron chi connectivity index (χ3n) is 4.91. The highest BCUT2D eigenvalue weighted by Gasteiger charge is 2.43. The van der Waals surface area contributed by atoms with E-state index in [2.05, 4.69) is 16.8 Å². The van der Waals surface area contributed by atoms with E-state index in [9.17, 15) is 9.18 Å². The standard InChI is InChI=1S/C18H18ClFN2OS/c19-14-9-12(20)3-4-15(14)21-17(23)10-22-7-5-16-13(6-8-24-16)18(22)11-1-2-11/h3-4,6,8-9,11,18H,1-2,5,7,10H2,(H,21,23)/p+1/t18-/m0/s1. The van der Waals surface area contributed by atoms with Crippen LogP contribution in [0.2, 0.25) is 5.02 Å². The molecule has 0 radical (unpaired) electrons. The molecule has 1 fully saturated rings. The molecule has 1 saturated carbocycles. The zero-order valence-corrected chi connectivity index (χ0v) is 14.7. The highest BCUT2D eigenvalue weighted by molar-refractivity contribution is 7.10. The molecule has 0 saturated heterocycles. The molecule has 2 aromatic rings. The van der Waals surface area contributed by atoms with Gasteiger partial charge in [0.15, 0.2) is 6.54 Å². The van der Waals surface area contributed by atoms with Gasteiger partial charge in [0, 0.05) is 22.8 Å². The molecular formula is C18H19ClFN2OS+. The van der Waals surface area contributed by atoms with E-state index >= 15 is 0 Å². The van der Waals surface area contributed by atoms with Gasteiger partial charge in [0.2, 0.25) is 0 Å². The first-order valence-electron chi connectivity index (χ1n) is 8.27. The van der Waals surface area contributed by atoms with E-state index in [-0.39, 0.29) is 10.9 Å². The number of amides is 1. The number of quaternary nitrogens is 1. The van der Waals surface area contributed by atoms with Crippen LogP contribution in [0.25, 0.3) is 0 Å². The van der Waals surface area contributed by atoms with Crippen molar-refractivity contribution in [3.8, 4) is 0 Å². The smallest absolute Gasteiger partial charge is 0.279 e. The summed E-state index contributed by atoms with van der Waals surface area (Å²) in [6.45, 7) is 1.41. The number of hydrogen-bond donors (Lipinski definition) is 2. The predicted octanol–water partition coefficient (Wildman–Crippen LogP) is 3.07. The number of halogens is 2. The molecule has 1 amide bonds. The molecular weight excluding hydrogens is 347 g/mol. The Morgan fingerprint density at radius 3 is 2.96 bits per heavy atom. The largest absolute Gasteiger partial charge is 0.320 e. The van der Waals surface area contributed by atoms with Crippen LogP contribution >= 0.6 is 22.9 Å². The van der Waals surface area contributed by atoms with E-state index in [1.54, 1.807) is 0 Å². The lowest BCUT2D eigenvalue weighted by atomic mass is 9.96. The Morgan fingerprint density at radius 1 is 1.38 bits per heavy atom. The fraction of sp³-hybridized carbons (Fsp3) is 0.389. The van der Waals surface area contributed by atoms with E-state index in [0.717, 1.165) is 13.0 Å². The van der Waals surface area contributed by atoms with Crippen molar-refractivity contribution in [2.24, 2.45) is 5.92 Å². The van der Waals surface area contributed by atoms with E-state index < -0.39 is 5.82 Å². The average molecular weight is 366 g/mol. The highest BCUT2D eigenvalue weighted by Crippen LogP contribution is 2.42. The summed E-state index contributed by atoms with van der Waals surface area (Å²) in [5.74, 6) is 0.233. The van der Waals surface area contributed by atoms with Crippen LogP contribution in [0.5, 0.6) is 0 Å². The van der Waals surface area contributed by atoms with Crippen LogP contribution in [-0.2, 0) is 11.2 Å². The Labute approximate surface area is 149 Å². The molecule has 1 aromatic heterocycles. The maximum Gasteiger partial charge on any atom is 0.279 e. The van der Waals surface area contributed by atoms with Crippen LogP contribution in [0.3, 0.4) is 0 Å². The van der Waals surface area contributed by atoms with Crippen LogP contribution in [0.4, 0.5) is 10.1 Å². The monoisotopic (exact) mass is 365 g/mol. The maximum atomic E-state index is 13.1. The molecule has 2 atom stereocenters. The zero-order chi connectivity index (χ0) is 16.7. The molecule has 0 bridgehead atoms. The van der Waals surface area contributed by atoms with Gasteiger partial charge in [0.25, 0.3) is 5.91 Å². The van der Waals surface area contributed by atoms with Crippen molar-refractivity contribution >= 4 is 34.5 Å². The lowest BCUT2D eigenvalue weighted by Crippen LogP contribution is -3.14. The van der Waals surface area contributed by atoms with Crippen molar-refractivity contribution in [2.75, 3.05) is 18.4 Å². The molecule has 1 aliphatic carbocycles. The van der Waals surface area contributed by atoms with E-state index in [0.29, 0.717) is 24.2 Å². The molecule has 2 aliphatic rings. The normalized spacial score (nSPS) is 22.9. The molecule has 1 aliphatic heterocycles. The van der Waals surface area contributed by atoms with Gasteiger partial charge in [-0.15, -0.1) is 11.3 Å². The van der Waals surface area contributed by atoms with Crippen molar-refractivity contribution in [2.45, 2.75) is 25.3 Å². The second-order valence-electron chi connectivity index (χ2n) is 6.62. The topological polar surface area (TPSA) is 33.5 Å². The Balaban J connectivity index is 1.47. The van der Waals surface area contributed by atoms with Gasteiger partial charge < -0.3 is 10.2 Å². The molecule has 1 aromatic carbocycles. The molecule has 3 nitrogen and oxygen atoms in total. The fourth-order valence-corrected chi connectivity index (χ4v) is 4.83. The zero-order valence-electron chi connectivity index (χ0n) is 13.1. The minimum atomic E-state index is -0.404. The molecule has 126 valence electrons. The average Bonchev–Trinajstić information content (AvgIpc) is 3.26. The summed E-state index contributed by atoms with van der Waals surface area (Å²) in [6, 6.07) is 6.71. The number of carbonyl (C=O) groups is 1. The Hall–Kier alpha value is -1.43. The summed E-state index contributed by atoms with van der Waals surface area (Å²) >= 11 is 7.83. The van der Waals surface area contributed by atoms with E-state index in [1.165, 1.54) is 46.4 Å². The molecule has 0 spiro atoms. The number of fused-ring (bicyclic) bond motifs is 1. The summed E-state index contributed by atoms with van der Waals surface area (Å²) in [5.41, 5.74) is 1.91. The van der Waals surface area contributed by atoms with Crippen LogP contribution in [0.15, 0.2) is 29.6 Å². The number of nitrogens with one attached hydrogen (secondary N) is 2. The van der Waals surface area contributed by atoms with Crippen molar-refractivity contribution in [1.82, 2.24) is 0 Å². The number of thiophene rings is 1. The number of carbonyl (C=O) groups excluding carboxylic acids is 1. The van der Waals surface area contributed by atoms with Gasteiger partial charge in [-0.05, 0) is 42.5 Å². The highest BCUT2D eigenvalue weighted by atomic mass is 35.5. The molecule has 1 unspecified atom stereocenters. The van der Waals surface area contributed by atoms with Crippen molar-refractivity contribution in [3.05, 3.63) is 50.9 Å². The first-order chi connectivity index (χ1) is 11.6. The summed E-state index contributed by atoms with van der Waals surface area (Å²) in [5, 5.41) is 5.23. The van der Waals surface area contributed by atoms with Gasteiger partial charge in [-0.25, -0.2) is 4.39 Å². The summed E-state index contributed by atoms with van der Waals surface area (Å²) in [6.07, 6.45) is 3.56. The molecule has 4 rings (SSSR count). The van der Waals surface area contributed by atoms with Gasteiger partial charge in [0.05, 0.1) is 17.3 Å². The predicted molar refractivity (Wildman–Crippen MR) is 94.2 cm³/mol. The van der Waals surface area contributed by atoms with Crippen molar-refractivity contribution in [3.63, 3.8) is 0 Å². The van der Waals surface area contributed by atoms with Gasteiger partial charge >= 0.3 is 0 Å². The molecule has 6 heteroatoms. The summed E-state index contributed by atoms with van der Waals surface area (Å²) in [7, 11) is 0. The number of benzene rings is 1. The molecule has 2 heterocycles. The minimum absolute atomic E-state index is 0.0668. The molecule has 2 N–H and O–H groups in total. The van der Waals surface area contributed by atoms with Gasteiger partial charge in [-0.3, -0.25) is 4.79 Å². The van der Waals surface area contributed by atoms with E-state index in [4.69, 9.17) is 11.6 Å². The summed E-state index contributed by atoms with van der Waals surface area (Å²) < 4.78 is 13.1. The Morgan fingerprint density at radius 2 is 2.21 bits per heavy atom. The van der Waals surface area contributed by atoms with E-state index in [1.807, 2.05) is 11.3 Å². The van der Waals surface area contributed by atoms with Crippen LogP contribution in [-0.4, -0.2) is 19.0 Å². The number of rotatable bonds is 4. The Bertz CT molecular complexity index is 774. The summed E-state index contributed by atoms with van der Waals surface area (Å²) in [4.78, 5) is 15.3. The number of anilines is 1. The van der Waals surface area contributed by atoms with Crippen LogP contribution in [0.1, 0.15) is 29.3 Å². The van der Waals surface area contributed by atoms with Gasteiger partial charge in [-0.1, -0.05) is 11.6 Å². The lowest BCUT2D eigenvalue weighted by molar-refractivity contribution is -0.928. The Kier molecular flexibility index (Phi) is 4.33. The quantitative estimate of drug-likeness (QED) is 0.857. The second kappa shape index (κ2) is 6.47. The second-order valence-corrected chi connectivity index (χ2v) is 8.03. The maximum absolute atomic E-state index is 13.1. The number of hydrogen-bond acceptors (Lipinski definition) is 2. The lowest BCUT2D eigenvalue weighted by Gasteiger charge is -2.32. The first kappa shape index (κ1) is 16.1. The van der Waals surface area contributed by atoms with Crippen molar-refractivity contribution in [1.29, 1.82) is 0 Å². The third-order valence-corrected chi connectivity index (χ3v) is 6.22. The van der Waals surface area contributed by atoms with Crippen molar-refractivity contribution < 1.29 is 14.1 Å². The van der Waals surface area contributed by atoms with Gasteiger partial charge in [0.1, 0.15) is 11.9 Å². The third kappa shape index (κ3) is 3.21. The fourth-order valence-electron chi connectivity index (χ4n) is 3.69. The van der Waals surface area contributed by atoms with Gasteiger partial charge in [-0.2, -0.15) is 0 Å². The minimum Gasteiger partial charge on any atom is -0.320 e. The first-order valence-corrected chi connectivity index (χ1v) is 9.53. The SMILES string of the molecule is O=C(C[NH+]1CCc2sccc2[C@@H]1C1CC1)Nc1ccc(F)cc1Cl. The van der Waals surface area contributed by atoms with Crippen LogP contribution in [0, 0.1) is 11.7 Å². The van der Waals surface area contributed by atoms with Crippen LogP contribution < -0.4 is 10.2 Å². The molecule has 24 heavy (non-hydrogen) atoms.